The highest BCUT2D eigenvalue weighted by Gasteiger charge is 2.42. The molecule has 0 aliphatic heterocycles. The predicted molar refractivity (Wildman–Crippen MR) is 77.6 cm³/mol. The number of aryl methyl sites for hydroxylation is 1. The molecule has 2 unspecified atom stereocenters. The fourth-order valence-electron chi connectivity index (χ4n) is 4.24. The van der Waals surface area contributed by atoms with Crippen molar-refractivity contribution in [2.24, 2.45) is 11.3 Å². The highest BCUT2D eigenvalue weighted by molar-refractivity contribution is 5.30. The van der Waals surface area contributed by atoms with Crippen LogP contribution in [0.4, 0.5) is 0 Å². The average molecular weight is 259 g/mol. The monoisotopic (exact) mass is 259 g/mol. The summed E-state index contributed by atoms with van der Waals surface area (Å²) in [6.45, 7) is 2.41. The predicted octanol–water partition coefficient (Wildman–Crippen LogP) is 2.91. The normalized spacial score (nSPS) is 26.9. The summed E-state index contributed by atoms with van der Waals surface area (Å²) in [5.74, 6) is 6.44. The van der Waals surface area contributed by atoms with Gasteiger partial charge in [0.05, 0.1) is 0 Å². The second-order valence-electron chi connectivity index (χ2n) is 6.55. The zero-order valence-electron chi connectivity index (χ0n) is 11.9. The number of nitrogens with one attached hydrogen (secondary N) is 1. The van der Waals surface area contributed by atoms with E-state index in [1.807, 2.05) is 6.20 Å². The van der Waals surface area contributed by atoms with Gasteiger partial charge in [-0.25, -0.2) is 0 Å². The fourth-order valence-corrected chi connectivity index (χ4v) is 4.24. The van der Waals surface area contributed by atoms with Gasteiger partial charge in [0.2, 0.25) is 0 Å². The lowest BCUT2D eigenvalue weighted by Crippen LogP contribution is -2.51. The van der Waals surface area contributed by atoms with Crippen molar-refractivity contribution in [1.29, 1.82) is 0 Å². The molecule has 0 amide bonds. The van der Waals surface area contributed by atoms with E-state index < -0.39 is 0 Å². The van der Waals surface area contributed by atoms with Crippen molar-refractivity contribution >= 4 is 0 Å². The van der Waals surface area contributed by atoms with Gasteiger partial charge in [-0.1, -0.05) is 32.3 Å². The van der Waals surface area contributed by atoms with Crippen molar-refractivity contribution < 1.29 is 0 Å². The Morgan fingerprint density at radius 2 is 2.16 bits per heavy atom. The molecule has 0 spiro atoms. The van der Waals surface area contributed by atoms with Gasteiger partial charge in [-0.15, -0.1) is 0 Å². The Morgan fingerprint density at radius 3 is 2.89 bits per heavy atom. The third-order valence-electron chi connectivity index (χ3n) is 5.33. The smallest absolute Gasteiger partial charge is 0.0482 e. The number of rotatable bonds is 3. The minimum absolute atomic E-state index is 0.330. The van der Waals surface area contributed by atoms with Crippen LogP contribution in [0.2, 0.25) is 0 Å². The van der Waals surface area contributed by atoms with Crippen molar-refractivity contribution in [3.8, 4) is 0 Å². The van der Waals surface area contributed by atoms with E-state index in [2.05, 4.69) is 29.5 Å². The van der Waals surface area contributed by atoms with Gasteiger partial charge in [0.15, 0.2) is 0 Å². The molecular weight excluding hydrogens is 234 g/mol. The Hall–Kier alpha value is -0.930. The summed E-state index contributed by atoms with van der Waals surface area (Å²) in [6.07, 6.45) is 10.9. The van der Waals surface area contributed by atoms with E-state index >= 15 is 0 Å². The molecule has 1 aromatic rings. The number of pyridine rings is 1. The van der Waals surface area contributed by atoms with E-state index in [4.69, 9.17) is 5.84 Å². The quantitative estimate of drug-likeness (QED) is 0.648. The standard InChI is InChI=1S/C16H25N3/c1-16(9-3-2-4-10-16)15(19-17)13-8-7-12-6-5-11-18-14(12)13/h5-6,11,13,15,19H,2-4,7-10,17H2,1H3. The number of hydrogen-bond donors (Lipinski definition) is 2. The van der Waals surface area contributed by atoms with Crippen LogP contribution in [0.5, 0.6) is 0 Å². The summed E-state index contributed by atoms with van der Waals surface area (Å²) < 4.78 is 0. The first-order chi connectivity index (χ1) is 9.24. The van der Waals surface area contributed by atoms with E-state index in [1.165, 1.54) is 49.8 Å². The topological polar surface area (TPSA) is 50.9 Å². The number of nitrogens with two attached hydrogens (primary N) is 1. The average Bonchev–Trinajstić information content (AvgIpc) is 2.84. The van der Waals surface area contributed by atoms with E-state index in [-0.39, 0.29) is 0 Å². The summed E-state index contributed by atoms with van der Waals surface area (Å²) in [5, 5.41) is 0. The summed E-state index contributed by atoms with van der Waals surface area (Å²) in [7, 11) is 0. The molecule has 2 atom stereocenters. The zero-order valence-corrected chi connectivity index (χ0v) is 11.9. The molecule has 1 heterocycles. The first-order valence-corrected chi connectivity index (χ1v) is 7.64. The minimum Gasteiger partial charge on any atom is -0.271 e. The molecule has 0 bridgehead atoms. The van der Waals surface area contributed by atoms with Gasteiger partial charge in [-0.3, -0.25) is 16.3 Å². The van der Waals surface area contributed by atoms with E-state index in [0.29, 0.717) is 17.4 Å². The molecule has 1 aromatic heterocycles. The van der Waals surface area contributed by atoms with Gasteiger partial charge in [-0.2, -0.15) is 0 Å². The van der Waals surface area contributed by atoms with Crippen molar-refractivity contribution in [3.05, 3.63) is 29.6 Å². The lowest BCUT2D eigenvalue weighted by Gasteiger charge is -2.43. The van der Waals surface area contributed by atoms with Crippen LogP contribution in [-0.4, -0.2) is 11.0 Å². The molecule has 3 rings (SSSR count). The Morgan fingerprint density at radius 1 is 1.37 bits per heavy atom. The van der Waals surface area contributed by atoms with Crippen LogP contribution in [0, 0.1) is 5.41 Å². The lowest BCUT2D eigenvalue weighted by molar-refractivity contribution is 0.124. The number of aromatic nitrogens is 1. The minimum atomic E-state index is 0.330. The Kier molecular flexibility index (Phi) is 3.59. The van der Waals surface area contributed by atoms with Crippen LogP contribution in [0.15, 0.2) is 18.3 Å². The van der Waals surface area contributed by atoms with Crippen LogP contribution in [0.25, 0.3) is 0 Å². The molecule has 2 aliphatic carbocycles. The Balaban J connectivity index is 1.87. The van der Waals surface area contributed by atoms with Crippen molar-refractivity contribution in [2.45, 2.75) is 63.8 Å². The summed E-state index contributed by atoms with van der Waals surface area (Å²) >= 11 is 0. The zero-order chi connectivity index (χ0) is 13.3. The molecule has 0 radical (unpaired) electrons. The summed E-state index contributed by atoms with van der Waals surface area (Å²) in [5.41, 5.74) is 6.20. The molecule has 3 N–H and O–H groups in total. The molecular formula is C16H25N3. The second kappa shape index (κ2) is 5.22. The number of nitrogens with zero attached hydrogens (tertiary/aromatic N) is 1. The maximum atomic E-state index is 5.95. The summed E-state index contributed by atoms with van der Waals surface area (Å²) in [4.78, 5) is 4.64. The highest BCUT2D eigenvalue weighted by atomic mass is 15.2. The molecule has 1 saturated carbocycles. The van der Waals surface area contributed by atoms with Crippen molar-refractivity contribution in [1.82, 2.24) is 10.4 Å². The van der Waals surface area contributed by atoms with Crippen LogP contribution in [0.1, 0.15) is 62.6 Å². The Bertz CT molecular complexity index is 437. The van der Waals surface area contributed by atoms with Crippen LogP contribution < -0.4 is 11.3 Å². The number of hydrogen-bond acceptors (Lipinski definition) is 3. The maximum Gasteiger partial charge on any atom is 0.0482 e. The van der Waals surface area contributed by atoms with Crippen LogP contribution >= 0.6 is 0 Å². The molecule has 1 fully saturated rings. The molecule has 2 aliphatic rings. The molecule has 3 heteroatoms. The summed E-state index contributed by atoms with van der Waals surface area (Å²) in [6, 6.07) is 4.64. The molecule has 0 saturated heterocycles. The van der Waals surface area contributed by atoms with Gasteiger partial charge < -0.3 is 0 Å². The third kappa shape index (κ3) is 2.30. The van der Waals surface area contributed by atoms with E-state index in [9.17, 15) is 0 Å². The van der Waals surface area contributed by atoms with Gasteiger partial charge >= 0.3 is 0 Å². The SMILES string of the molecule is CC1(C(NN)C2CCc3cccnc32)CCCCC1. The van der Waals surface area contributed by atoms with Crippen LogP contribution in [-0.2, 0) is 6.42 Å². The largest absolute Gasteiger partial charge is 0.271 e. The maximum absolute atomic E-state index is 5.95. The van der Waals surface area contributed by atoms with Crippen LogP contribution in [0.3, 0.4) is 0 Å². The van der Waals surface area contributed by atoms with Gasteiger partial charge in [-0.05, 0) is 42.7 Å². The van der Waals surface area contributed by atoms with Crippen molar-refractivity contribution in [2.75, 3.05) is 0 Å². The lowest BCUT2D eigenvalue weighted by atomic mass is 9.66. The van der Waals surface area contributed by atoms with E-state index in [0.717, 1.165) is 6.42 Å². The first-order valence-electron chi connectivity index (χ1n) is 7.64. The first kappa shape index (κ1) is 13.1. The van der Waals surface area contributed by atoms with Gasteiger partial charge in [0.25, 0.3) is 0 Å². The fraction of sp³-hybridized carbons (Fsp3) is 0.688. The molecule has 3 nitrogen and oxygen atoms in total. The molecule has 0 aromatic carbocycles. The molecule has 104 valence electrons. The number of hydrazine groups is 1. The molecule has 19 heavy (non-hydrogen) atoms. The van der Waals surface area contributed by atoms with E-state index in [1.54, 1.807) is 0 Å². The van der Waals surface area contributed by atoms with Gasteiger partial charge in [0, 0.05) is 23.9 Å². The van der Waals surface area contributed by atoms with Crippen molar-refractivity contribution in [3.63, 3.8) is 0 Å². The Labute approximate surface area is 116 Å². The number of fused-ring (bicyclic) bond motifs is 1. The third-order valence-corrected chi connectivity index (χ3v) is 5.33. The highest BCUT2D eigenvalue weighted by Crippen LogP contribution is 2.46. The van der Waals surface area contributed by atoms with Gasteiger partial charge in [0.1, 0.15) is 0 Å². The second-order valence-corrected chi connectivity index (χ2v) is 6.55.